The molecule has 36 valence electrons. The van der Waals surface area contributed by atoms with E-state index in [0.717, 1.165) is 0 Å². The van der Waals surface area contributed by atoms with Gasteiger partial charge < -0.3 is 5.73 Å². The summed E-state index contributed by atoms with van der Waals surface area (Å²) in [7, 11) is -2.48. The molecule has 5 heteroatoms. The van der Waals surface area contributed by atoms with Crippen molar-refractivity contribution in [1.29, 1.82) is 0 Å². The van der Waals surface area contributed by atoms with Gasteiger partial charge in [0.15, 0.2) is 6.73 Å². The van der Waals surface area contributed by atoms with Gasteiger partial charge in [0.1, 0.15) is 0 Å². The molecule has 0 amide bonds. The third-order valence-corrected chi connectivity index (χ3v) is 0.555. The maximum Gasteiger partial charge on any atom is 0.696 e. The van der Waals surface area contributed by atoms with Gasteiger partial charge in [-0.25, -0.2) is 0 Å². The summed E-state index contributed by atoms with van der Waals surface area (Å²) in [6.45, 7) is -0.203. The highest BCUT2D eigenvalue weighted by Crippen LogP contribution is 2.10. The van der Waals surface area contributed by atoms with Gasteiger partial charge in [0.05, 0.1) is 0 Å². The summed E-state index contributed by atoms with van der Waals surface area (Å²) in [5.74, 6) is 0. The average Bonchev–Trinajstić information content (AvgIpc) is 1.35. The first-order valence-corrected chi connectivity index (χ1v) is 2.39. The molecular weight excluding hydrogens is 105 g/mol. The van der Waals surface area contributed by atoms with Gasteiger partial charge in [-0.05, 0) is 0 Å². The Morgan fingerprint density at radius 2 is 2.50 bits per heavy atom. The van der Waals surface area contributed by atoms with E-state index in [1.807, 2.05) is 0 Å². The lowest BCUT2D eigenvalue weighted by Gasteiger charge is -1.69. The van der Waals surface area contributed by atoms with Crippen LogP contribution in [0.1, 0.15) is 0 Å². The summed E-state index contributed by atoms with van der Waals surface area (Å²) >= 11 is 0. The zero-order valence-corrected chi connectivity index (χ0v) is 3.89. The first-order valence-electron chi connectivity index (χ1n) is 1.26. The van der Waals surface area contributed by atoms with Crippen LogP contribution in [0.15, 0.2) is 0 Å². The van der Waals surface area contributed by atoms with Gasteiger partial charge in [-0.3, -0.25) is 0 Å². The molecule has 1 atom stereocenters. The van der Waals surface area contributed by atoms with Crippen molar-refractivity contribution in [3.05, 3.63) is 0 Å². The molecule has 0 aliphatic rings. The van der Waals surface area contributed by atoms with Crippen LogP contribution in [0.4, 0.5) is 0 Å². The quantitative estimate of drug-likeness (QED) is 0.373. The van der Waals surface area contributed by atoms with Crippen molar-refractivity contribution in [2.45, 2.75) is 0 Å². The van der Waals surface area contributed by atoms with Crippen LogP contribution >= 0.6 is 8.25 Å². The highest BCUT2D eigenvalue weighted by molar-refractivity contribution is 7.32. The van der Waals surface area contributed by atoms with E-state index in [2.05, 4.69) is 10.3 Å². The summed E-state index contributed by atoms with van der Waals surface area (Å²) in [5, 5.41) is 0. The Kier molecular flexibility index (Phi) is 3.17. The minimum Gasteiger partial charge on any atom is -0.304 e. The lowest BCUT2D eigenvalue weighted by molar-refractivity contribution is 0.290. The molecule has 0 saturated carbocycles. The monoisotopic (exact) mass is 110 g/mol. The summed E-state index contributed by atoms with van der Waals surface area (Å²) in [4.78, 5) is 7.76. The van der Waals surface area contributed by atoms with Crippen molar-refractivity contribution >= 4 is 8.25 Å². The fraction of sp³-hybridized carbons (Fsp3) is 1.00. The molecule has 0 aromatic heterocycles. The molecule has 3 N–H and O–H groups in total. The van der Waals surface area contributed by atoms with E-state index in [4.69, 9.17) is 4.89 Å². The van der Waals surface area contributed by atoms with E-state index < -0.39 is 8.25 Å². The topological polar surface area (TPSA) is 72.5 Å². The van der Waals surface area contributed by atoms with E-state index in [9.17, 15) is 4.57 Å². The molecule has 4 nitrogen and oxygen atoms in total. The summed E-state index contributed by atoms with van der Waals surface area (Å²) in [6, 6.07) is 0. The minimum absolute atomic E-state index is 0.203. The zero-order chi connectivity index (χ0) is 4.99. The molecule has 0 saturated heterocycles. The highest BCUT2D eigenvalue weighted by Gasteiger charge is 2.07. The first kappa shape index (κ1) is 5.98. The Morgan fingerprint density at radius 1 is 2.00 bits per heavy atom. The predicted octanol–water partition coefficient (Wildman–Crippen LogP) is -0.431. The maximum atomic E-state index is 9.45. The minimum atomic E-state index is -2.48. The van der Waals surface area contributed by atoms with Crippen LogP contribution < -0.4 is 5.73 Å². The van der Waals surface area contributed by atoms with Crippen molar-refractivity contribution in [1.82, 2.24) is 0 Å². The number of hydrogen-bond acceptors (Lipinski definition) is 3. The van der Waals surface area contributed by atoms with Gasteiger partial charge in [0.25, 0.3) is 0 Å². The molecule has 0 heterocycles. The van der Waals surface area contributed by atoms with E-state index in [0.29, 0.717) is 0 Å². The highest BCUT2D eigenvalue weighted by atomic mass is 31.1. The Labute approximate surface area is 35.9 Å². The molecule has 6 heavy (non-hydrogen) atoms. The van der Waals surface area contributed by atoms with Crippen molar-refractivity contribution in [2.75, 3.05) is 6.73 Å². The number of hydrogen-bond donors (Lipinski definition) is 2. The van der Waals surface area contributed by atoms with Crippen LogP contribution in [0, 0.1) is 0 Å². The van der Waals surface area contributed by atoms with Crippen molar-refractivity contribution in [3.63, 3.8) is 0 Å². The van der Waals surface area contributed by atoms with E-state index in [1.54, 1.807) is 0 Å². The van der Waals surface area contributed by atoms with Gasteiger partial charge in [0.2, 0.25) is 0 Å². The third kappa shape index (κ3) is 3.98. The summed E-state index contributed by atoms with van der Waals surface area (Å²) in [6.07, 6.45) is 0. The summed E-state index contributed by atoms with van der Waals surface area (Å²) in [5.41, 5.74) is 4.66. The van der Waals surface area contributed by atoms with Gasteiger partial charge >= 0.3 is 8.25 Å². The number of nitrogens with two attached hydrogens (primary N) is 1. The van der Waals surface area contributed by atoms with Crippen molar-refractivity contribution < 1.29 is 14.0 Å². The normalized spacial score (nSPS) is 11.3. The van der Waals surface area contributed by atoms with Crippen LogP contribution in [-0.4, -0.2) is 11.6 Å². The molecule has 0 spiro atoms. The molecule has 1 unspecified atom stereocenters. The van der Waals surface area contributed by atoms with Crippen molar-refractivity contribution in [3.8, 4) is 0 Å². The van der Waals surface area contributed by atoms with Gasteiger partial charge in [-0.2, -0.15) is 0 Å². The standard InChI is InChI=1S/CH4NO3P/c2-1-5-6(3)4/h1-2H2/p+1. The smallest absolute Gasteiger partial charge is 0.304 e. The molecule has 0 aromatic carbocycles. The van der Waals surface area contributed by atoms with Crippen LogP contribution in [-0.2, 0) is 9.09 Å². The second-order valence-corrected chi connectivity index (χ2v) is 1.27. The molecule has 0 aliphatic carbocycles. The Balaban J connectivity index is 2.83. The van der Waals surface area contributed by atoms with Crippen LogP contribution in [0.5, 0.6) is 0 Å². The number of rotatable bonds is 2. The van der Waals surface area contributed by atoms with Crippen LogP contribution in [0.2, 0.25) is 0 Å². The van der Waals surface area contributed by atoms with E-state index >= 15 is 0 Å². The second-order valence-electron chi connectivity index (χ2n) is 0.534. The van der Waals surface area contributed by atoms with E-state index in [-0.39, 0.29) is 6.73 Å². The Morgan fingerprint density at radius 3 is 2.50 bits per heavy atom. The molecule has 0 rings (SSSR count). The van der Waals surface area contributed by atoms with Gasteiger partial charge in [-0.15, -0.1) is 9.42 Å². The van der Waals surface area contributed by atoms with E-state index in [1.165, 1.54) is 0 Å². The average molecular weight is 110 g/mol. The van der Waals surface area contributed by atoms with Gasteiger partial charge in [0, 0.05) is 4.57 Å². The van der Waals surface area contributed by atoms with Crippen LogP contribution in [0.25, 0.3) is 0 Å². The second kappa shape index (κ2) is 3.18. The fourth-order valence-electron chi connectivity index (χ4n) is 0.0638. The van der Waals surface area contributed by atoms with Gasteiger partial charge in [-0.1, -0.05) is 0 Å². The predicted molar refractivity (Wildman–Crippen MR) is 20.0 cm³/mol. The summed E-state index contributed by atoms with van der Waals surface area (Å²) < 4.78 is 13.3. The lowest BCUT2D eigenvalue weighted by Crippen LogP contribution is -1.97. The molecule has 0 radical (unpaired) electrons. The Bertz CT molecular complexity index is 54.8. The molecule has 0 aromatic rings. The molecular formula is CH5NO3P+. The largest absolute Gasteiger partial charge is 0.696 e. The maximum absolute atomic E-state index is 9.45. The molecule has 0 fully saturated rings. The SMILES string of the molecule is NCO[P+](=O)O. The third-order valence-electron chi connectivity index (χ3n) is 0.185. The lowest BCUT2D eigenvalue weighted by atomic mass is 11.4. The van der Waals surface area contributed by atoms with Crippen LogP contribution in [0.3, 0.4) is 0 Å². The zero-order valence-electron chi connectivity index (χ0n) is 3.00. The molecule has 0 aliphatic heterocycles. The van der Waals surface area contributed by atoms with Crippen molar-refractivity contribution in [2.24, 2.45) is 5.73 Å². The first-order chi connectivity index (χ1) is 2.77. The fourth-order valence-corrected chi connectivity index (χ4v) is 0.191. The Hall–Kier alpha value is -0.0200. The molecule has 0 bridgehead atoms.